The second-order valence-electron chi connectivity index (χ2n) is 13.1. The van der Waals surface area contributed by atoms with E-state index in [9.17, 15) is 0 Å². The lowest BCUT2D eigenvalue weighted by Gasteiger charge is -2.16. The van der Waals surface area contributed by atoms with Crippen LogP contribution in [0, 0.1) is 0 Å². The lowest BCUT2D eigenvalue weighted by molar-refractivity contribution is 0.593. The Bertz CT molecular complexity index is 2750. The van der Waals surface area contributed by atoms with Crippen LogP contribution in [-0.2, 0) is 4.57 Å². The quantitative estimate of drug-likeness (QED) is 0.171. The fraction of sp³-hybridized carbons (Fsp3) is 0. The van der Waals surface area contributed by atoms with Crippen molar-refractivity contribution in [1.82, 2.24) is 9.55 Å². The first-order chi connectivity index (χ1) is 25.2. The molecule has 3 nitrogen and oxygen atoms in total. The summed E-state index contributed by atoms with van der Waals surface area (Å²) in [6.45, 7) is 0. The van der Waals surface area contributed by atoms with Gasteiger partial charge in [-0.1, -0.05) is 146 Å². The van der Waals surface area contributed by atoms with Crippen molar-refractivity contribution in [3.05, 3.63) is 188 Å². The smallest absolute Gasteiger partial charge is 0.172 e. The first kappa shape index (κ1) is 29.6. The van der Waals surface area contributed by atoms with Crippen molar-refractivity contribution in [3.8, 4) is 50.5 Å². The Kier molecular flexibility index (Phi) is 6.77. The second-order valence-corrected chi connectivity index (χ2v) is 15.8. The molecule has 7 aromatic carbocycles. The van der Waals surface area contributed by atoms with E-state index in [1.165, 1.54) is 0 Å². The maximum atomic E-state index is 15.3. The number of rotatable bonds is 5. The Balaban J connectivity index is 1.14. The van der Waals surface area contributed by atoms with Crippen LogP contribution in [0.2, 0.25) is 0 Å². The summed E-state index contributed by atoms with van der Waals surface area (Å²) >= 11 is 0. The summed E-state index contributed by atoms with van der Waals surface area (Å²) in [5.74, 6) is 0. The average Bonchev–Trinajstić information content (AvgIpc) is 3.67. The van der Waals surface area contributed by atoms with Gasteiger partial charge in [-0.3, -0.25) is 0 Å². The van der Waals surface area contributed by atoms with E-state index in [4.69, 9.17) is 4.98 Å². The first-order valence-corrected chi connectivity index (χ1v) is 18.9. The Morgan fingerprint density at radius 2 is 1.00 bits per heavy atom. The Morgan fingerprint density at radius 3 is 1.73 bits per heavy atom. The van der Waals surface area contributed by atoms with Crippen molar-refractivity contribution in [3.63, 3.8) is 0 Å². The van der Waals surface area contributed by atoms with Crippen LogP contribution in [0.5, 0.6) is 0 Å². The zero-order valence-electron chi connectivity index (χ0n) is 27.6. The molecule has 240 valence electrons. The molecule has 1 unspecified atom stereocenters. The van der Waals surface area contributed by atoms with Crippen molar-refractivity contribution in [2.75, 3.05) is 0 Å². The molecule has 0 N–H and O–H groups in total. The summed E-state index contributed by atoms with van der Waals surface area (Å²) in [5, 5.41) is 4.94. The summed E-state index contributed by atoms with van der Waals surface area (Å²) in [4.78, 5) is 5.16. The third-order valence-corrected chi connectivity index (χ3v) is 13.3. The van der Waals surface area contributed by atoms with Gasteiger partial charge in [0.25, 0.3) is 0 Å². The molecule has 2 aromatic heterocycles. The van der Waals surface area contributed by atoms with Gasteiger partial charge in [-0.25, -0.2) is 4.98 Å². The molecule has 51 heavy (non-hydrogen) atoms. The minimum Gasteiger partial charge on any atom is -0.309 e. The number of hydrogen-bond donors (Lipinski definition) is 0. The van der Waals surface area contributed by atoms with Gasteiger partial charge in [0.15, 0.2) is 7.14 Å². The van der Waals surface area contributed by atoms with Crippen LogP contribution in [0.1, 0.15) is 0 Å². The zero-order valence-corrected chi connectivity index (χ0v) is 28.5. The van der Waals surface area contributed by atoms with Crippen molar-refractivity contribution in [2.24, 2.45) is 0 Å². The number of aromatic nitrogens is 2. The molecule has 0 aliphatic carbocycles. The molecule has 0 saturated heterocycles. The van der Waals surface area contributed by atoms with Gasteiger partial charge in [0.2, 0.25) is 0 Å². The Labute approximate surface area is 296 Å². The molecule has 1 atom stereocenters. The van der Waals surface area contributed by atoms with Gasteiger partial charge in [0.05, 0.1) is 22.4 Å². The van der Waals surface area contributed by atoms with Crippen LogP contribution >= 0.6 is 7.14 Å². The van der Waals surface area contributed by atoms with E-state index in [-0.39, 0.29) is 0 Å². The van der Waals surface area contributed by atoms with E-state index < -0.39 is 7.14 Å². The molecular weight excluding hydrogens is 640 g/mol. The maximum Gasteiger partial charge on any atom is 0.172 e. The van der Waals surface area contributed by atoms with Crippen molar-refractivity contribution in [2.45, 2.75) is 0 Å². The topological polar surface area (TPSA) is 34.9 Å². The van der Waals surface area contributed by atoms with Crippen molar-refractivity contribution in [1.29, 1.82) is 0 Å². The summed E-state index contributed by atoms with van der Waals surface area (Å²) in [7, 11) is -3.06. The van der Waals surface area contributed by atoms with Gasteiger partial charge in [-0.05, 0) is 64.7 Å². The fourth-order valence-corrected chi connectivity index (χ4v) is 10.9. The molecule has 10 rings (SSSR count). The molecule has 0 fully saturated rings. The Morgan fingerprint density at radius 1 is 0.412 bits per heavy atom. The largest absolute Gasteiger partial charge is 0.309 e. The minimum atomic E-state index is -3.06. The molecular formula is C47H31N2OP. The number of hydrogen-bond acceptors (Lipinski definition) is 2. The van der Waals surface area contributed by atoms with Crippen molar-refractivity contribution >= 4 is 44.9 Å². The molecule has 4 heteroatoms. The Hall–Kier alpha value is -6.28. The second kappa shape index (κ2) is 11.7. The zero-order chi connectivity index (χ0) is 33.9. The van der Waals surface area contributed by atoms with Gasteiger partial charge in [-0.15, -0.1) is 0 Å². The molecule has 0 spiro atoms. The number of nitrogens with zero attached hydrogens (tertiary/aromatic N) is 2. The predicted octanol–water partition coefficient (Wildman–Crippen LogP) is 10.8. The van der Waals surface area contributed by atoms with Crippen LogP contribution in [0.15, 0.2) is 188 Å². The fourth-order valence-electron chi connectivity index (χ4n) is 7.79. The maximum absolute atomic E-state index is 15.3. The highest BCUT2D eigenvalue weighted by molar-refractivity contribution is 7.86. The summed E-state index contributed by atoms with van der Waals surface area (Å²) < 4.78 is 17.6. The molecule has 0 amide bonds. The van der Waals surface area contributed by atoms with E-state index in [0.29, 0.717) is 0 Å². The molecule has 1 aliphatic heterocycles. The van der Waals surface area contributed by atoms with Gasteiger partial charge in [0, 0.05) is 43.5 Å². The van der Waals surface area contributed by atoms with Gasteiger partial charge >= 0.3 is 0 Å². The molecule has 0 saturated carbocycles. The summed E-state index contributed by atoms with van der Waals surface area (Å²) in [6.07, 6.45) is 0. The van der Waals surface area contributed by atoms with Crippen LogP contribution in [0.3, 0.4) is 0 Å². The number of para-hydroxylation sites is 1. The van der Waals surface area contributed by atoms with Crippen molar-refractivity contribution < 1.29 is 4.57 Å². The molecule has 3 heterocycles. The normalized spacial score (nSPS) is 14.8. The standard InChI is InChI=1S/C47H31N2OP/c50-51(37-18-8-3-9-19-37)46-23-13-11-21-39(46)41-30-45-40(31-47(41)51)38-20-10-12-22-44(38)49(45)36-26-24-34(25-27-36)43-29-35(32-14-4-1-5-15-32)28-42(48-43)33-16-6-2-7-17-33/h1-31H. The SMILES string of the molecule is O=P1(c2ccccc2)c2ccccc2-c2cc3c(cc21)c1ccccc1n3-c1ccc(-c2cc(-c3ccccc3)cc(-c3ccccc3)n2)cc1. The molecule has 1 aliphatic rings. The molecule has 9 aromatic rings. The van der Waals surface area contributed by atoms with E-state index in [1.54, 1.807) is 0 Å². The van der Waals surface area contributed by atoms with Gasteiger partial charge in [0.1, 0.15) is 0 Å². The first-order valence-electron chi connectivity index (χ1n) is 17.2. The number of pyridine rings is 1. The van der Waals surface area contributed by atoms with Gasteiger partial charge < -0.3 is 9.13 Å². The van der Waals surface area contributed by atoms with Crippen LogP contribution in [0.4, 0.5) is 0 Å². The third-order valence-electron chi connectivity index (χ3n) is 10.2. The predicted molar refractivity (Wildman–Crippen MR) is 213 cm³/mol. The monoisotopic (exact) mass is 670 g/mol. The number of fused-ring (bicyclic) bond motifs is 6. The lowest BCUT2D eigenvalue weighted by atomic mass is 10.00. The minimum absolute atomic E-state index is 0.871. The van der Waals surface area contributed by atoms with Crippen LogP contribution in [-0.4, -0.2) is 9.55 Å². The molecule has 0 radical (unpaired) electrons. The average molecular weight is 671 g/mol. The summed E-state index contributed by atoms with van der Waals surface area (Å²) in [5.41, 5.74) is 11.7. The highest BCUT2D eigenvalue weighted by atomic mass is 31.2. The van der Waals surface area contributed by atoms with E-state index in [0.717, 1.165) is 88.2 Å². The van der Waals surface area contributed by atoms with E-state index in [2.05, 4.69) is 132 Å². The van der Waals surface area contributed by atoms with E-state index in [1.807, 2.05) is 60.7 Å². The van der Waals surface area contributed by atoms with Gasteiger partial charge in [-0.2, -0.15) is 0 Å². The van der Waals surface area contributed by atoms with Crippen LogP contribution < -0.4 is 15.9 Å². The summed E-state index contributed by atoms with van der Waals surface area (Å²) in [6, 6.07) is 65.1. The highest BCUT2D eigenvalue weighted by Crippen LogP contribution is 2.53. The third kappa shape index (κ3) is 4.66. The number of benzene rings is 7. The lowest BCUT2D eigenvalue weighted by Crippen LogP contribution is -2.20. The molecule has 0 bridgehead atoms. The highest BCUT2D eigenvalue weighted by Gasteiger charge is 2.40. The van der Waals surface area contributed by atoms with E-state index >= 15 is 4.57 Å². The van der Waals surface area contributed by atoms with Crippen LogP contribution in [0.25, 0.3) is 72.3 Å².